The molecule has 0 heterocycles. The van der Waals surface area contributed by atoms with E-state index < -0.39 is 13.2 Å². The van der Waals surface area contributed by atoms with E-state index in [1.165, 1.54) is 13.3 Å². The highest BCUT2D eigenvalue weighted by Crippen LogP contribution is 2.39. The van der Waals surface area contributed by atoms with Gasteiger partial charge in [0, 0.05) is 5.82 Å². The summed E-state index contributed by atoms with van der Waals surface area (Å²) in [5.74, 6) is 0.493. The topological polar surface area (TPSA) is 17.1 Å². The van der Waals surface area contributed by atoms with Gasteiger partial charge in [0.15, 0.2) is 0 Å². The van der Waals surface area contributed by atoms with Crippen molar-refractivity contribution in [2.75, 3.05) is 13.3 Å². The number of hydrogen-bond donors (Lipinski definition) is 0. The van der Waals surface area contributed by atoms with E-state index in [4.69, 9.17) is 0 Å². The molecule has 0 spiro atoms. The average Bonchev–Trinajstić information content (AvgIpc) is 1.21. The van der Waals surface area contributed by atoms with Crippen LogP contribution in [-0.4, -0.2) is 13.3 Å². The molecule has 48 valence electrons. The highest BCUT2D eigenvalue weighted by molar-refractivity contribution is 7.65. The van der Waals surface area contributed by atoms with Crippen molar-refractivity contribution in [3.8, 4) is 0 Å². The summed E-state index contributed by atoms with van der Waals surface area (Å²) in [7, 11) is -2.63. The third-order valence-corrected chi connectivity index (χ3v) is 1.23. The van der Waals surface area contributed by atoms with E-state index >= 15 is 0 Å². The summed E-state index contributed by atoms with van der Waals surface area (Å²) in [5.41, 5.74) is 0. The van der Waals surface area contributed by atoms with Gasteiger partial charge >= 0.3 is 0 Å². The van der Waals surface area contributed by atoms with Crippen molar-refractivity contribution >= 4 is 7.14 Å². The molecule has 0 aliphatic heterocycles. The SMILES string of the molecule is CP(C)(=O)C=C(F)F. The van der Waals surface area contributed by atoms with Crippen molar-refractivity contribution in [3.05, 3.63) is 11.9 Å². The summed E-state index contributed by atoms with van der Waals surface area (Å²) in [4.78, 5) is 0. The highest BCUT2D eigenvalue weighted by Gasteiger charge is 2.03. The third kappa shape index (κ3) is 5.83. The maximum Gasteiger partial charge on any atom is 0.273 e. The van der Waals surface area contributed by atoms with Crippen LogP contribution in [0.3, 0.4) is 0 Å². The second-order valence-electron chi connectivity index (χ2n) is 1.85. The van der Waals surface area contributed by atoms with Crippen LogP contribution in [0, 0.1) is 0 Å². The second-order valence-corrected chi connectivity index (χ2v) is 4.98. The van der Waals surface area contributed by atoms with Gasteiger partial charge < -0.3 is 4.57 Å². The molecule has 0 amide bonds. The van der Waals surface area contributed by atoms with Crippen LogP contribution in [0.15, 0.2) is 11.9 Å². The van der Waals surface area contributed by atoms with Crippen LogP contribution in [0.2, 0.25) is 0 Å². The zero-order valence-electron chi connectivity index (χ0n) is 4.69. The van der Waals surface area contributed by atoms with Crippen LogP contribution in [-0.2, 0) is 4.57 Å². The van der Waals surface area contributed by atoms with Crippen molar-refractivity contribution < 1.29 is 13.3 Å². The van der Waals surface area contributed by atoms with Gasteiger partial charge in [-0.15, -0.1) is 0 Å². The van der Waals surface area contributed by atoms with Crippen molar-refractivity contribution in [2.45, 2.75) is 0 Å². The average molecular weight is 140 g/mol. The maximum atomic E-state index is 11.2. The molecular weight excluding hydrogens is 133 g/mol. The van der Waals surface area contributed by atoms with E-state index in [2.05, 4.69) is 0 Å². The minimum absolute atomic E-state index is 0.493. The minimum Gasteiger partial charge on any atom is -0.320 e. The number of hydrogen-bond acceptors (Lipinski definition) is 1. The van der Waals surface area contributed by atoms with E-state index in [1.807, 2.05) is 0 Å². The Morgan fingerprint density at radius 1 is 1.50 bits per heavy atom. The quantitative estimate of drug-likeness (QED) is 0.511. The first-order valence-electron chi connectivity index (χ1n) is 2.00. The molecule has 0 atom stereocenters. The summed E-state index contributed by atoms with van der Waals surface area (Å²) >= 11 is 0. The van der Waals surface area contributed by atoms with Gasteiger partial charge in [-0.25, -0.2) is 0 Å². The lowest BCUT2D eigenvalue weighted by Crippen LogP contribution is -1.66. The third-order valence-electron chi connectivity index (χ3n) is 0.408. The van der Waals surface area contributed by atoms with Crippen molar-refractivity contribution in [3.63, 3.8) is 0 Å². The highest BCUT2D eigenvalue weighted by atomic mass is 31.2. The molecule has 0 radical (unpaired) electrons. The first-order chi connectivity index (χ1) is 3.42. The van der Waals surface area contributed by atoms with Gasteiger partial charge in [0.05, 0.1) is 0 Å². The maximum absolute atomic E-state index is 11.2. The molecule has 1 nitrogen and oxygen atoms in total. The lowest BCUT2D eigenvalue weighted by molar-refractivity contribution is 0.423. The van der Waals surface area contributed by atoms with Gasteiger partial charge in [-0.1, -0.05) is 0 Å². The molecular formula is C4H7F2OP. The summed E-state index contributed by atoms with van der Waals surface area (Å²) < 4.78 is 32.9. The van der Waals surface area contributed by atoms with Gasteiger partial charge in [-0.2, -0.15) is 8.78 Å². The Kier molecular flexibility index (Phi) is 2.35. The van der Waals surface area contributed by atoms with E-state index in [-0.39, 0.29) is 0 Å². The Balaban J connectivity index is 4.11. The molecule has 0 aliphatic carbocycles. The molecule has 0 rings (SSSR count). The molecule has 0 fully saturated rings. The summed E-state index contributed by atoms with van der Waals surface area (Å²) in [6.45, 7) is 2.57. The van der Waals surface area contributed by atoms with Crippen molar-refractivity contribution in [1.29, 1.82) is 0 Å². The fourth-order valence-electron chi connectivity index (χ4n) is 0.235. The molecule has 0 saturated carbocycles. The van der Waals surface area contributed by atoms with Crippen LogP contribution in [0.4, 0.5) is 8.78 Å². The monoisotopic (exact) mass is 140 g/mol. The van der Waals surface area contributed by atoms with E-state index in [9.17, 15) is 13.3 Å². The Labute approximate surface area is 46.8 Å². The number of rotatable bonds is 1. The lowest BCUT2D eigenvalue weighted by atomic mass is 11.1. The first kappa shape index (κ1) is 7.83. The molecule has 0 aromatic rings. The molecule has 8 heavy (non-hydrogen) atoms. The van der Waals surface area contributed by atoms with Crippen LogP contribution >= 0.6 is 7.14 Å². The van der Waals surface area contributed by atoms with E-state index in [1.54, 1.807) is 0 Å². The second kappa shape index (κ2) is 2.40. The van der Waals surface area contributed by atoms with Crippen LogP contribution in [0.1, 0.15) is 0 Å². The van der Waals surface area contributed by atoms with Crippen molar-refractivity contribution in [1.82, 2.24) is 0 Å². The molecule has 0 saturated heterocycles. The van der Waals surface area contributed by atoms with Gasteiger partial charge in [-0.05, 0) is 13.3 Å². The molecule has 0 bridgehead atoms. The summed E-state index contributed by atoms with van der Waals surface area (Å²) in [6, 6.07) is 0. The molecule has 0 aliphatic rings. The number of halogens is 2. The van der Waals surface area contributed by atoms with E-state index in [0.717, 1.165) is 0 Å². The van der Waals surface area contributed by atoms with Gasteiger partial charge in [-0.3, -0.25) is 0 Å². The predicted molar refractivity (Wildman–Crippen MR) is 29.8 cm³/mol. The van der Waals surface area contributed by atoms with Crippen LogP contribution in [0.25, 0.3) is 0 Å². The summed E-state index contributed by atoms with van der Waals surface area (Å²) in [6.07, 6.45) is -1.86. The normalized spacial score (nSPS) is 11.0. The predicted octanol–water partition coefficient (Wildman–Crippen LogP) is 2.35. The Hall–Kier alpha value is -0.170. The molecule has 0 unspecified atom stereocenters. The largest absolute Gasteiger partial charge is 0.320 e. The minimum atomic E-state index is -2.63. The van der Waals surface area contributed by atoms with Gasteiger partial charge in [0.2, 0.25) is 0 Å². The van der Waals surface area contributed by atoms with E-state index in [0.29, 0.717) is 5.82 Å². The Bertz CT molecular complexity index is 142. The Morgan fingerprint density at radius 3 is 1.88 bits per heavy atom. The zero-order chi connectivity index (χ0) is 6.78. The molecule has 0 aromatic carbocycles. The first-order valence-corrected chi connectivity index (χ1v) is 4.67. The molecule has 0 N–H and O–H groups in total. The van der Waals surface area contributed by atoms with Gasteiger partial charge in [0.1, 0.15) is 7.14 Å². The lowest BCUT2D eigenvalue weighted by Gasteiger charge is -1.92. The zero-order valence-corrected chi connectivity index (χ0v) is 5.58. The fourth-order valence-corrected chi connectivity index (χ4v) is 0.705. The van der Waals surface area contributed by atoms with Crippen LogP contribution in [0.5, 0.6) is 0 Å². The molecule has 0 aromatic heterocycles. The van der Waals surface area contributed by atoms with Crippen molar-refractivity contribution in [2.24, 2.45) is 0 Å². The van der Waals surface area contributed by atoms with Crippen LogP contribution < -0.4 is 0 Å². The smallest absolute Gasteiger partial charge is 0.273 e. The summed E-state index contributed by atoms with van der Waals surface area (Å²) in [5, 5.41) is 0. The standard InChI is InChI=1S/C4H7F2OP/c1-8(2,7)3-4(5)6/h3H,1-2H3. The fraction of sp³-hybridized carbons (Fsp3) is 0.500. The van der Waals surface area contributed by atoms with Gasteiger partial charge in [0.25, 0.3) is 6.08 Å². The Morgan fingerprint density at radius 2 is 1.88 bits per heavy atom. The molecule has 4 heteroatoms.